The minimum Gasteiger partial charge on any atom is -0.382 e. The van der Waals surface area contributed by atoms with E-state index >= 15 is 0 Å². The summed E-state index contributed by atoms with van der Waals surface area (Å²) in [6, 6.07) is 13.0. The molecule has 0 amide bonds. The minimum atomic E-state index is 0.386. The molecule has 0 aliphatic rings. The van der Waals surface area contributed by atoms with E-state index in [0.717, 1.165) is 5.69 Å². The van der Waals surface area contributed by atoms with Crippen LogP contribution >= 0.6 is 0 Å². The van der Waals surface area contributed by atoms with E-state index < -0.39 is 0 Å². The van der Waals surface area contributed by atoms with Gasteiger partial charge in [-0.3, -0.25) is 0 Å². The Bertz CT molecular complexity index is 465. The normalized spacial score (nSPS) is 10.7. The molecule has 1 aromatic heterocycles. The van der Waals surface area contributed by atoms with Crippen molar-refractivity contribution in [3.8, 4) is 0 Å². The van der Waals surface area contributed by atoms with Gasteiger partial charge in [0, 0.05) is 6.20 Å². The number of pyridine rings is 1. The van der Waals surface area contributed by atoms with E-state index in [1.54, 1.807) is 18.3 Å². The zero-order chi connectivity index (χ0) is 10.5. The zero-order valence-electron chi connectivity index (χ0n) is 8.04. The lowest BCUT2D eigenvalue weighted by atomic mass is 10.3. The molecule has 0 saturated heterocycles. The monoisotopic (exact) mass is 198 g/mol. The van der Waals surface area contributed by atoms with Gasteiger partial charge in [-0.1, -0.05) is 18.2 Å². The Balaban J connectivity index is 2.23. The maximum atomic E-state index is 5.62. The Labute approximate surface area is 87.5 Å². The molecule has 2 rings (SSSR count). The molecule has 1 heterocycles. The number of anilines is 1. The summed E-state index contributed by atoms with van der Waals surface area (Å²) < 4.78 is 0. The minimum absolute atomic E-state index is 0.386. The summed E-state index contributed by atoms with van der Waals surface area (Å²) in [4.78, 5) is 3.92. The van der Waals surface area contributed by atoms with Gasteiger partial charge in [0.15, 0.2) is 5.82 Å². The number of aromatic nitrogens is 1. The van der Waals surface area contributed by atoms with Crippen molar-refractivity contribution in [1.29, 1.82) is 0 Å². The molecule has 0 fully saturated rings. The van der Waals surface area contributed by atoms with Gasteiger partial charge in [0.05, 0.1) is 5.69 Å². The van der Waals surface area contributed by atoms with Crippen LogP contribution in [0.3, 0.4) is 0 Å². The van der Waals surface area contributed by atoms with E-state index in [1.807, 2.05) is 30.3 Å². The molecule has 0 bridgehead atoms. The second-order valence-electron chi connectivity index (χ2n) is 2.94. The smallest absolute Gasteiger partial charge is 0.151 e. The Morgan fingerprint density at radius 2 is 1.73 bits per heavy atom. The van der Waals surface area contributed by atoms with Crippen molar-refractivity contribution >= 4 is 17.2 Å². The standard InChI is InChI=1S/C11H10N4/c12-11-10(7-4-8-13-11)15-14-9-5-2-1-3-6-9/h1-8H,(H2,12,13)/b15-14+. The highest BCUT2D eigenvalue weighted by Gasteiger charge is 1.95. The molecule has 0 unspecified atom stereocenters. The van der Waals surface area contributed by atoms with Crippen LogP contribution in [0.5, 0.6) is 0 Å². The Kier molecular flexibility index (Phi) is 2.69. The summed E-state index contributed by atoms with van der Waals surface area (Å²) in [7, 11) is 0. The summed E-state index contributed by atoms with van der Waals surface area (Å²) in [5.41, 5.74) is 7.00. The van der Waals surface area contributed by atoms with Crippen molar-refractivity contribution in [2.24, 2.45) is 10.2 Å². The maximum Gasteiger partial charge on any atom is 0.151 e. The molecule has 15 heavy (non-hydrogen) atoms. The second-order valence-corrected chi connectivity index (χ2v) is 2.94. The third kappa shape index (κ3) is 2.37. The van der Waals surface area contributed by atoms with E-state index in [2.05, 4.69) is 15.2 Å². The quantitative estimate of drug-likeness (QED) is 0.753. The van der Waals surface area contributed by atoms with E-state index in [1.165, 1.54) is 0 Å². The molecule has 0 aliphatic carbocycles. The summed E-state index contributed by atoms with van der Waals surface area (Å²) >= 11 is 0. The average molecular weight is 198 g/mol. The maximum absolute atomic E-state index is 5.62. The van der Waals surface area contributed by atoms with Crippen LogP contribution in [0.1, 0.15) is 0 Å². The van der Waals surface area contributed by atoms with Crippen LogP contribution in [0.15, 0.2) is 58.9 Å². The van der Waals surface area contributed by atoms with E-state index in [0.29, 0.717) is 11.5 Å². The van der Waals surface area contributed by atoms with Gasteiger partial charge in [-0.25, -0.2) is 4.98 Å². The van der Waals surface area contributed by atoms with Crippen LogP contribution in [0.2, 0.25) is 0 Å². The fourth-order valence-corrected chi connectivity index (χ4v) is 1.10. The molecular weight excluding hydrogens is 188 g/mol. The number of rotatable bonds is 2. The predicted octanol–water partition coefficient (Wildman–Crippen LogP) is 3.08. The number of azo groups is 1. The first-order valence-corrected chi connectivity index (χ1v) is 4.53. The zero-order valence-corrected chi connectivity index (χ0v) is 8.04. The van der Waals surface area contributed by atoms with E-state index in [-0.39, 0.29) is 0 Å². The molecule has 0 spiro atoms. The first kappa shape index (κ1) is 9.33. The summed E-state index contributed by atoms with van der Waals surface area (Å²) in [5, 5.41) is 8.06. The Morgan fingerprint density at radius 1 is 0.933 bits per heavy atom. The molecule has 2 N–H and O–H groups in total. The van der Waals surface area contributed by atoms with Crippen LogP contribution in [-0.2, 0) is 0 Å². The first-order chi connectivity index (χ1) is 7.36. The summed E-state index contributed by atoms with van der Waals surface area (Å²) in [6.45, 7) is 0. The Hall–Kier alpha value is -2.23. The molecule has 2 aromatic rings. The molecular formula is C11H10N4. The fourth-order valence-electron chi connectivity index (χ4n) is 1.10. The topological polar surface area (TPSA) is 63.6 Å². The molecule has 4 heteroatoms. The Morgan fingerprint density at radius 3 is 2.47 bits per heavy atom. The highest BCUT2D eigenvalue weighted by Crippen LogP contribution is 2.21. The highest BCUT2D eigenvalue weighted by atomic mass is 15.1. The molecule has 0 aliphatic heterocycles. The van der Waals surface area contributed by atoms with Gasteiger partial charge >= 0.3 is 0 Å². The molecule has 4 nitrogen and oxygen atoms in total. The van der Waals surface area contributed by atoms with Crippen molar-refractivity contribution in [2.45, 2.75) is 0 Å². The third-order valence-corrected chi connectivity index (χ3v) is 1.85. The van der Waals surface area contributed by atoms with Crippen molar-refractivity contribution in [3.05, 3.63) is 48.7 Å². The van der Waals surface area contributed by atoms with Gasteiger partial charge in [-0.05, 0) is 24.3 Å². The lowest BCUT2D eigenvalue weighted by Crippen LogP contribution is -1.87. The van der Waals surface area contributed by atoms with E-state index in [9.17, 15) is 0 Å². The van der Waals surface area contributed by atoms with Gasteiger partial charge in [-0.2, -0.15) is 5.11 Å². The van der Waals surface area contributed by atoms with Crippen LogP contribution in [0.4, 0.5) is 17.2 Å². The molecule has 0 atom stereocenters. The van der Waals surface area contributed by atoms with Gasteiger partial charge in [0.25, 0.3) is 0 Å². The lowest BCUT2D eigenvalue weighted by molar-refractivity contribution is 1.20. The largest absolute Gasteiger partial charge is 0.382 e. The predicted molar refractivity (Wildman–Crippen MR) is 59.3 cm³/mol. The van der Waals surface area contributed by atoms with Crippen LogP contribution in [-0.4, -0.2) is 4.98 Å². The van der Waals surface area contributed by atoms with Gasteiger partial charge in [0.1, 0.15) is 5.69 Å². The number of hydrogen-bond acceptors (Lipinski definition) is 4. The summed E-state index contributed by atoms with van der Waals surface area (Å²) in [6.07, 6.45) is 1.62. The van der Waals surface area contributed by atoms with Crippen molar-refractivity contribution in [1.82, 2.24) is 4.98 Å². The SMILES string of the molecule is Nc1ncccc1/N=N/c1ccccc1. The lowest BCUT2D eigenvalue weighted by Gasteiger charge is -1.95. The molecule has 0 saturated carbocycles. The van der Waals surface area contributed by atoms with Gasteiger partial charge in [0.2, 0.25) is 0 Å². The van der Waals surface area contributed by atoms with Crippen molar-refractivity contribution < 1.29 is 0 Å². The third-order valence-electron chi connectivity index (χ3n) is 1.85. The number of nitrogens with zero attached hydrogens (tertiary/aromatic N) is 3. The average Bonchev–Trinajstić information content (AvgIpc) is 2.29. The number of benzene rings is 1. The second kappa shape index (κ2) is 4.32. The van der Waals surface area contributed by atoms with E-state index in [4.69, 9.17) is 5.73 Å². The van der Waals surface area contributed by atoms with Gasteiger partial charge < -0.3 is 5.73 Å². The highest BCUT2D eigenvalue weighted by molar-refractivity contribution is 5.56. The van der Waals surface area contributed by atoms with Crippen LogP contribution in [0, 0.1) is 0 Å². The van der Waals surface area contributed by atoms with Crippen molar-refractivity contribution in [2.75, 3.05) is 5.73 Å². The van der Waals surface area contributed by atoms with Gasteiger partial charge in [-0.15, -0.1) is 5.11 Å². The summed E-state index contributed by atoms with van der Waals surface area (Å²) in [5.74, 6) is 0.386. The number of nitrogen functional groups attached to an aromatic ring is 1. The molecule has 0 radical (unpaired) electrons. The van der Waals surface area contributed by atoms with Crippen molar-refractivity contribution in [3.63, 3.8) is 0 Å². The molecule has 74 valence electrons. The first-order valence-electron chi connectivity index (χ1n) is 4.53. The fraction of sp³-hybridized carbons (Fsp3) is 0. The number of nitrogens with two attached hydrogens (primary N) is 1. The van der Waals surface area contributed by atoms with Crippen LogP contribution in [0.25, 0.3) is 0 Å². The number of hydrogen-bond donors (Lipinski definition) is 1. The molecule has 1 aromatic carbocycles. The van der Waals surface area contributed by atoms with Crippen LogP contribution < -0.4 is 5.73 Å².